The van der Waals surface area contributed by atoms with Gasteiger partial charge in [-0.15, -0.1) is 0 Å². The molecule has 0 saturated heterocycles. The molecule has 2 N–H and O–H groups in total. The van der Waals surface area contributed by atoms with Crippen LogP contribution in [0.1, 0.15) is 17.9 Å². The van der Waals surface area contributed by atoms with E-state index < -0.39 is 0 Å². The van der Waals surface area contributed by atoms with Crippen molar-refractivity contribution >= 4 is 11.7 Å². The molecule has 1 aliphatic rings. The number of nitrogens with one attached hydrogen (secondary N) is 2. The second-order valence-corrected chi connectivity index (χ2v) is 5.03. The van der Waals surface area contributed by atoms with Gasteiger partial charge in [-0.1, -0.05) is 12.1 Å². The Bertz CT molecular complexity index is 677. The number of rotatable bonds is 5. The first-order chi connectivity index (χ1) is 10.7. The van der Waals surface area contributed by atoms with Crippen molar-refractivity contribution in [2.24, 2.45) is 5.92 Å². The average molecular weight is 302 g/mol. The minimum absolute atomic E-state index is 0.124. The smallest absolute Gasteiger partial charge is 0.258 e. The lowest BCUT2D eigenvalue weighted by molar-refractivity contribution is -0.121. The number of hydrazine groups is 1. The van der Waals surface area contributed by atoms with Gasteiger partial charge in [0.1, 0.15) is 5.82 Å². The van der Waals surface area contributed by atoms with Crippen molar-refractivity contribution in [3.8, 4) is 5.88 Å². The highest BCUT2D eigenvalue weighted by atomic mass is 19.1. The van der Waals surface area contributed by atoms with Gasteiger partial charge in [-0.2, -0.15) is 0 Å². The molecule has 3 rings (SSSR count). The van der Waals surface area contributed by atoms with E-state index in [0.717, 1.165) is 12.0 Å². The van der Waals surface area contributed by atoms with Crippen molar-refractivity contribution in [3.05, 3.63) is 48.0 Å². The normalized spacial score (nSPS) is 19.4. The monoisotopic (exact) mass is 302 g/mol. The number of carbonyl (C=O) groups excluding carboxylic acids is 1. The summed E-state index contributed by atoms with van der Waals surface area (Å²) in [6.45, 7) is 0. The lowest BCUT2D eigenvalue weighted by Crippen LogP contribution is -2.31. The first-order valence-corrected chi connectivity index (χ1v) is 6.85. The largest absolute Gasteiger partial charge is 0.478 e. The number of anilines is 1. The third-order valence-electron chi connectivity index (χ3n) is 3.59. The third-order valence-corrected chi connectivity index (χ3v) is 3.59. The summed E-state index contributed by atoms with van der Waals surface area (Å²) in [5, 5.41) is 0. The van der Waals surface area contributed by atoms with E-state index in [0.29, 0.717) is 11.7 Å². The molecule has 0 aliphatic heterocycles. The molecule has 1 fully saturated rings. The second-order valence-electron chi connectivity index (χ2n) is 5.03. The number of halogens is 1. The fourth-order valence-corrected chi connectivity index (χ4v) is 2.34. The van der Waals surface area contributed by atoms with E-state index in [-0.39, 0.29) is 23.6 Å². The number of carbonyl (C=O) groups is 1. The summed E-state index contributed by atoms with van der Waals surface area (Å²) in [5.41, 5.74) is 6.28. The molecule has 1 heterocycles. The summed E-state index contributed by atoms with van der Waals surface area (Å²) in [6, 6.07) is 6.25. The molecule has 1 amide bonds. The van der Waals surface area contributed by atoms with Crippen molar-refractivity contribution in [3.63, 3.8) is 0 Å². The van der Waals surface area contributed by atoms with E-state index in [1.807, 2.05) is 0 Å². The van der Waals surface area contributed by atoms with Crippen molar-refractivity contribution in [2.75, 3.05) is 12.5 Å². The van der Waals surface area contributed by atoms with Crippen LogP contribution in [0.5, 0.6) is 5.88 Å². The summed E-state index contributed by atoms with van der Waals surface area (Å²) in [7, 11) is 1.47. The van der Waals surface area contributed by atoms with Gasteiger partial charge in [-0.25, -0.2) is 14.4 Å². The molecule has 0 radical (unpaired) electrons. The molecule has 7 heteroatoms. The van der Waals surface area contributed by atoms with Crippen LogP contribution in [0.3, 0.4) is 0 Å². The van der Waals surface area contributed by atoms with E-state index in [4.69, 9.17) is 4.74 Å². The van der Waals surface area contributed by atoms with Crippen LogP contribution in [0.15, 0.2) is 36.7 Å². The molecule has 2 aromatic rings. The average Bonchev–Trinajstić information content (AvgIpc) is 3.34. The van der Waals surface area contributed by atoms with Crippen LogP contribution in [-0.2, 0) is 4.79 Å². The number of aromatic nitrogens is 2. The molecule has 2 atom stereocenters. The van der Waals surface area contributed by atoms with Crippen molar-refractivity contribution in [2.45, 2.75) is 12.3 Å². The molecular weight excluding hydrogens is 287 g/mol. The topological polar surface area (TPSA) is 76.1 Å². The quantitative estimate of drug-likeness (QED) is 0.825. The first kappa shape index (κ1) is 14.2. The van der Waals surface area contributed by atoms with Gasteiger partial charge >= 0.3 is 0 Å². The van der Waals surface area contributed by atoms with Crippen LogP contribution < -0.4 is 15.6 Å². The maximum Gasteiger partial charge on any atom is 0.258 e. The number of hydrogen-bond acceptors (Lipinski definition) is 5. The van der Waals surface area contributed by atoms with E-state index >= 15 is 0 Å². The van der Waals surface area contributed by atoms with Gasteiger partial charge in [0.15, 0.2) is 0 Å². The van der Waals surface area contributed by atoms with Gasteiger partial charge in [0, 0.05) is 18.3 Å². The van der Waals surface area contributed by atoms with Gasteiger partial charge in [-0.3, -0.25) is 15.6 Å². The fraction of sp³-hybridized carbons (Fsp3) is 0.267. The molecule has 6 nitrogen and oxygen atoms in total. The minimum atomic E-state index is -0.276. The molecule has 22 heavy (non-hydrogen) atoms. The van der Waals surface area contributed by atoms with Crippen LogP contribution in [0.2, 0.25) is 0 Å². The Hall–Kier alpha value is -2.70. The van der Waals surface area contributed by atoms with Gasteiger partial charge < -0.3 is 4.74 Å². The first-order valence-electron chi connectivity index (χ1n) is 6.85. The van der Waals surface area contributed by atoms with Crippen molar-refractivity contribution in [1.29, 1.82) is 0 Å². The Labute approximate surface area is 126 Å². The number of amides is 1. The Morgan fingerprint density at radius 1 is 1.27 bits per heavy atom. The highest BCUT2D eigenvalue weighted by Crippen LogP contribution is 2.47. The number of benzene rings is 1. The van der Waals surface area contributed by atoms with Crippen LogP contribution in [0.4, 0.5) is 10.2 Å². The molecule has 1 aromatic heterocycles. The SMILES string of the molecule is COc1nccnc1NNC(=O)[C@H]1C[C@@H]1c1ccc(F)cc1. The summed E-state index contributed by atoms with van der Waals surface area (Å²) in [4.78, 5) is 20.1. The minimum Gasteiger partial charge on any atom is -0.478 e. The molecule has 0 bridgehead atoms. The molecule has 0 unspecified atom stereocenters. The molecule has 1 saturated carbocycles. The third kappa shape index (κ3) is 2.98. The second kappa shape index (κ2) is 5.97. The Morgan fingerprint density at radius 2 is 2.00 bits per heavy atom. The van der Waals surface area contributed by atoms with Gasteiger partial charge in [0.25, 0.3) is 5.88 Å². The van der Waals surface area contributed by atoms with Crippen LogP contribution >= 0.6 is 0 Å². The highest BCUT2D eigenvalue weighted by Gasteiger charge is 2.44. The molecule has 1 aliphatic carbocycles. The molecule has 114 valence electrons. The van der Waals surface area contributed by atoms with Gasteiger partial charge in [0.05, 0.1) is 7.11 Å². The van der Waals surface area contributed by atoms with E-state index in [1.54, 1.807) is 12.1 Å². The number of ether oxygens (including phenoxy) is 1. The lowest BCUT2D eigenvalue weighted by Gasteiger charge is -2.09. The molecule has 1 aromatic carbocycles. The Morgan fingerprint density at radius 3 is 2.73 bits per heavy atom. The predicted molar refractivity (Wildman–Crippen MR) is 77.6 cm³/mol. The number of nitrogens with zero attached hydrogens (tertiary/aromatic N) is 2. The highest BCUT2D eigenvalue weighted by molar-refractivity contribution is 5.83. The lowest BCUT2D eigenvalue weighted by atomic mass is 10.1. The fourth-order valence-electron chi connectivity index (χ4n) is 2.34. The van der Waals surface area contributed by atoms with Crippen molar-refractivity contribution < 1.29 is 13.9 Å². The van der Waals surface area contributed by atoms with E-state index in [2.05, 4.69) is 20.8 Å². The number of methoxy groups -OCH3 is 1. The molecular formula is C15H15FN4O2. The van der Waals surface area contributed by atoms with E-state index in [9.17, 15) is 9.18 Å². The molecule has 0 spiro atoms. The van der Waals surface area contributed by atoms with Crippen LogP contribution in [-0.4, -0.2) is 23.0 Å². The van der Waals surface area contributed by atoms with Gasteiger partial charge in [0.2, 0.25) is 11.7 Å². The Balaban J connectivity index is 1.56. The summed E-state index contributed by atoms with van der Waals surface area (Å²) in [6.07, 6.45) is 3.74. The summed E-state index contributed by atoms with van der Waals surface area (Å²) in [5.74, 6) is 0.238. The summed E-state index contributed by atoms with van der Waals surface area (Å²) >= 11 is 0. The zero-order chi connectivity index (χ0) is 15.5. The maximum absolute atomic E-state index is 12.9. The van der Waals surface area contributed by atoms with Gasteiger partial charge in [-0.05, 0) is 30.0 Å². The standard InChI is InChI=1S/C15H15FN4O2/c1-22-15-13(17-6-7-18-15)19-20-14(21)12-8-11(12)9-2-4-10(16)5-3-9/h2-7,11-12H,8H2,1H3,(H,17,19)(H,20,21)/t11-,12+/m1/s1. The van der Waals surface area contributed by atoms with Crippen LogP contribution in [0, 0.1) is 11.7 Å². The zero-order valence-corrected chi connectivity index (χ0v) is 11.9. The predicted octanol–water partition coefficient (Wildman–Crippen LogP) is 1.87. The number of hydrogen-bond donors (Lipinski definition) is 2. The van der Waals surface area contributed by atoms with E-state index in [1.165, 1.54) is 31.6 Å². The summed E-state index contributed by atoms with van der Waals surface area (Å²) < 4.78 is 17.9. The Kier molecular flexibility index (Phi) is 3.86. The zero-order valence-electron chi connectivity index (χ0n) is 11.9. The maximum atomic E-state index is 12.9. The van der Waals surface area contributed by atoms with Crippen LogP contribution in [0.25, 0.3) is 0 Å². The van der Waals surface area contributed by atoms with Crippen molar-refractivity contribution in [1.82, 2.24) is 15.4 Å².